The molecule has 0 saturated carbocycles. The molecular formula is C15H22N4O3. The lowest BCUT2D eigenvalue weighted by Gasteiger charge is -2.37. The van der Waals surface area contributed by atoms with Crippen LogP contribution in [0.5, 0.6) is 0 Å². The fourth-order valence-corrected chi connectivity index (χ4v) is 2.95. The molecule has 0 aliphatic carbocycles. The summed E-state index contributed by atoms with van der Waals surface area (Å²) in [7, 11) is 0. The third-order valence-electron chi connectivity index (χ3n) is 4.67. The third-order valence-corrected chi connectivity index (χ3v) is 4.67. The van der Waals surface area contributed by atoms with Gasteiger partial charge in [-0.3, -0.25) is 14.9 Å². The minimum Gasteiger partial charge on any atom is -0.383 e. The monoisotopic (exact) mass is 306 g/mol. The van der Waals surface area contributed by atoms with Crippen molar-refractivity contribution >= 4 is 17.4 Å². The van der Waals surface area contributed by atoms with E-state index < -0.39 is 4.92 Å². The van der Waals surface area contributed by atoms with Crippen molar-refractivity contribution in [3.8, 4) is 0 Å². The van der Waals surface area contributed by atoms with Crippen molar-refractivity contribution < 1.29 is 9.72 Å². The number of rotatable bonds is 4. The van der Waals surface area contributed by atoms with Crippen LogP contribution in [0.1, 0.15) is 50.4 Å². The smallest absolute Gasteiger partial charge is 0.288 e. The number of aromatic nitrogens is 1. The van der Waals surface area contributed by atoms with Gasteiger partial charge in [0.2, 0.25) is 0 Å². The van der Waals surface area contributed by atoms with Crippen LogP contribution in [0, 0.1) is 15.5 Å². The Morgan fingerprint density at radius 3 is 2.86 bits per heavy atom. The Morgan fingerprint density at radius 1 is 1.59 bits per heavy atom. The molecule has 2 N–H and O–H groups in total. The quantitative estimate of drug-likeness (QED) is 0.680. The molecule has 0 bridgehead atoms. The van der Waals surface area contributed by atoms with Crippen LogP contribution in [0.15, 0.2) is 12.3 Å². The van der Waals surface area contributed by atoms with Crippen LogP contribution in [-0.4, -0.2) is 33.3 Å². The number of hydrogen-bond acceptors (Lipinski definition) is 5. The highest BCUT2D eigenvalue weighted by Crippen LogP contribution is 2.37. The predicted molar refractivity (Wildman–Crippen MR) is 83.4 cm³/mol. The number of nitrogen functional groups attached to an aromatic ring is 1. The fraction of sp³-hybridized carbons (Fsp3) is 0.600. The summed E-state index contributed by atoms with van der Waals surface area (Å²) in [5.74, 6) is -0.228. The summed E-state index contributed by atoms with van der Waals surface area (Å²) in [4.78, 5) is 28.7. The van der Waals surface area contributed by atoms with Crippen molar-refractivity contribution in [2.75, 3.05) is 12.3 Å². The molecule has 7 nitrogen and oxygen atoms in total. The summed E-state index contributed by atoms with van der Waals surface area (Å²) < 4.78 is 0. The number of nitro groups is 1. The molecule has 0 radical (unpaired) electrons. The van der Waals surface area contributed by atoms with Crippen LogP contribution >= 0.6 is 0 Å². The van der Waals surface area contributed by atoms with Crippen molar-refractivity contribution in [1.82, 2.24) is 9.88 Å². The highest BCUT2D eigenvalue weighted by molar-refractivity contribution is 5.99. The fourth-order valence-electron chi connectivity index (χ4n) is 2.95. The zero-order valence-corrected chi connectivity index (χ0v) is 13.2. The first-order valence-electron chi connectivity index (χ1n) is 7.49. The van der Waals surface area contributed by atoms with Crippen molar-refractivity contribution in [3.05, 3.63) is 27.9 Å². The van der Waals surface area contributed by atoms with Crippen LogP contribution in [0.4, 0.5) is 11.5 Å². The van der Waals surface area contributed by atoms with E-state index in [1.54, 1.807) is 4.90 Å². The van der Waals surface area contributed by atoms with Crippen LogP contribution < -0.4 is 5.73 Å². The Balaban J connectivity index is 2.35. The van der Waals surface area contributed by atoms with Gasteiger partial charge in [-0.15, -0.1) is 0 Å². The molecule has 1 amide bonds. The first kappa shape index (κ1) is 16.2. The predicted octanol–water partition coefficient (Wildman–Crippen LogP) is 2.61. The normalized spacial score (nSPS) is 18.5. The van der Waals surface area contributed by atoms with Gasteiger partial charge in [0.05, 0.1) is 10.5 Å². The second-order valence-electron chi connectivity index (χ2n) is 6.38. The Morgan fingerprint density at radius 2 is 2.27 bits per heavy atom. The maximum atomic E-state index is 12.8. The highest BCUT2D eigenvalue weighted by atomic mass is 16.6. The minimum atomic E-state index is -0.569. The van der Waals surface area contributed by atoms with E-state index in [1.165, 1.54) is 6.07 Å². The van der Waals surface area contributed by atoms with E-state index in [1.807, 2.05) is 0 Å². The van der Waals surface area contributed by atoms with E-state index in [0.29, 0.717) is 6.54 Å². The van der Waals surface area contributed by atoms with Crippen molar-refractivity contribution in [3.63, 3.8) is 0 Å². The van der Waals surface area contributed by atoms with Crippen molar-refractivity contribution in [2.24, 2.45) is 5.41 Å². The number of anilines is 1. The Kier molecular flexibility index (Phi) is 4.35. The zero-order chi connectivity index (χ0) is 16.5. The molecular weight excluding hydrogens is 284 g/mol. The second kappa shape index (κ2) is 5.90. The third kappa shape index (κ3) is 2.88. The van der Waals surface area contributed by atoms with Crippen LogP contribution in [0.2, 0.25) is 0 Å². The molecule has 22 heavy (non-hydrogen) atoms. The number of amides is 1. The zero-order valence-electron chi connectivity index (χ0n) is 13.2. The molecule has 1 aromatic heterocycles. The van der Waals surface area contributed by atoms with Gasteiger partial charge >= 0.3 is 0 Å². The average Bonchev–Trinajstić information content (AvgIpc) is 2.97. The lowest BCUT2D eigenvalue weighted by Crippen LogP contribution is -2.44. The van der Waals surface area contributed by atoms with E-state index in [9.17, 15) is 14.9 Å². The van der Waals surface area contributed by atoms with Gasteiger partial charge in [0.1, 0.15) is 12.0 Å². The first-order chi connectivity index (χ1) is 10.3. The second-order valence-corrected chi connectivity index (χ2v) is 6.38. The Hall–Kier alpha value is -2.18. The van der Waals surface area contributed by atoms with Crippen molar-refractivity contribution in [2.45, 2.75) is 46.1 Å². The largest absolute Gasteiger partial charge is 0.383 e. The van der Waals surface area contributed by atoms with Gasteiger partial charge in [0, 0.05) is 18.7 Å². The van der Waals surface area contributed by atoms with Gasteiger partial charge in [0.25, 0.3) is 11.6 Å². The molecule has 1 fully saturated rings. The molecule has 120 valence electrons. The summed E-state index contributed by atoms with van der Waals surface area (Å²) in [5, 5.41) is 10.9. The molecule has 1 saturated heterocycles. The van der Waals surface area contributed by atoms with Gasteiger partial charge in [-0.05, 0) is 24.7 Å². The number of pyridine rings is 1. The Bertz CT molecular complexity index is 600. The average molecular weight is 306 g/mol. The van der Waals surface area contributed by atoms with E-state index in [4.69, 9.17) is 5.73 Å². The number of carbonyl (C=O) groups excluding carboxylic acids is 1. The molecule has 1 aliphatic rings. The van der Waals surface area contributed by atoms with Gasteiger partial charge in [-0.2, -0.15) is 0 Å². The maximum absolute atomic E-state index is 12.8. The highest BCUT2D eigenvalue weighted by Gasteiger charge is 2.39. The molecule has 1 atom stereocenters. The minimum absolute atomic E-state index is 0.00490. The standard InChI is InChI=1S/C15H22N4O3/c1-4-15(2,3)12-6-5-7-18(12)14(20)11-8-10(19(21)22)9-17-13(11)16/h8-9,12H,4-7H2,1-3H3,(H2,16,17)/t12-/m0/s1. The summed E-state index contributed by atoms with van der Waals surface area (Å²) >= 11 is 0. The topological polar surface area (TPSA) is 102 Å². The van der Waals surface area contributed by atoms with Gasteiger partial charge in [-0.1, -0.05) is 20.8 Å². The first-order valence-corrected chi connectivity index (χ1v) is 7.49. The SMILES string of the molecule is CCC(C)(C)[C@@H]1CCCN1C(=O)c1cc([N+](=O)[O-])cnc1N. The van der Waals surface area contributed by atoms with Crippen LogP contribution in [0.3, 0.4) is 0 Å². The molecule has 2 heterocycles. The molecule has 7 heteroatoms. The molecule has 0 unspecified atom stereocenters. The number of nitrogens with zero attached hydrogens (tertiary/aromatic N) is 3. The number of hydrogen-bond donors (Lipinski definition) is 1. The van der Waals surface area contributed by atoms with Gasteiger partial charge in [-0.25, -0.2) is 4.98 Å². The number of likely N-dealkylation sites (tertiary alicyclic amines) is 1. The summed E-state index contributed by atoms with van der Waals surface area (Å²) in [6.07, 6.45) is 3.89. The number of carbonyl (C=O) groups is 1. The van der Waals surface area contributed by atoms with Crippen LogP contribution in [-0.2, 0) is 0 Å². The van der Waals surface area contributed by atoms with E-state index >= 15 is 0 Å². The van der Waals surface area contributed by atoms with Gasteiger partial charge < -0.3 is 10.6 Å². The summed E-state index contributed by atoms with van der Waals surface area (Å²) in [6.45, 7) is 7.02. The molecule has 0 aromatic carbocycles. The maximum Gasteiger partial charge on any atom is 0.288 e. The van der Waals surface area contributed by atoms with Crippen molar-refractivity contribution in [1.29, 1.82) is 0 Å². The van der Waals surface area contributed by atoms with Crippen LogP contribution in [0.25, 0.3) is 0 Å². The lowest BCUT2D eigenvalue weighted by atomic mass is 9.80. The summed E-state index contributed by atoms with van der Waals surface area (Å²) in [6, 6.07) is 1.34. The van der Waals surface area contributed by atoms with E-state index in [2.05, 4.69) is 25.8 Å². The van der Waals surface area contributed by atoms with E-state index in [0.717, 1.165) is 25.5 Å². The number of nitrogens with two attached hydrogens (primary N) is 1. The molecule has 2 rings (SSSR count). The Labute approximate surface area is 129 Å². The molecule has 0 spiro atoms. The molecule has 1 aliphatic heterocycles. The summed E-state index contributed by atoms with van der Waals surface area (Å²) in [5.41, 5.74) is 5.66. The lowest BCUT2D eigenvalue weighted by molar-refractivity contribution is -0.385. The molecule has 1 aromatic rings. The van der Waals surface area contributed by atoms with E-state index in [-0.39, 0.29) is 34.4 Å². The van der Waals surface area contributed by atoms with Gasteiger partial charge in [0.15, 0.2) is 0 Å².